The fraction of sp³-hybridized carbons (Fsp3) is 0.370. The van der Waals surface area contributed by atoms with Crippen LogP contribution in [0.3, 0.4) is 0 Å². The van der Waals surface area contributed by atoms with E-state index in [1.54, 1.807) is 0 Å². The molecular formula is C27H34NO5P. The third-order valence-corrected chi connectivity index (χ3v) is 8.17. The molecule has 0 bridgehead atoms. The van der Waals surface area contributed by atoms with Crippen LogP contribution in [-0.2, 0) is 36.3 Å². The van der Waals surface area contributed by atoms with Crippen molar-refractivity contribution in [1.82, 2.24) is 5.06 Å². The Labute approximate surface area is 202 Å². The van der Waals surface area contributed by atoms with Crippen LogP contribution in [-0.4, -0.2) is 36.4 Å². The number of carbonyl (C=O) groups excluding carboxylic acids is 1. The Bertz CT molecular complexity index is 1090. The summed E-state index contributed by atoms with van der Waals surface area (Å²) < 4.78 is 25.2. The van der Waals surface area contributed by atoms with Gasteiger partial charge in [0, 0.05) is 13.5 Å². The van der Waals surface area contributed by atoms with Gasteiger partial charge in [0.1, 0.15) is 6.61 Å². The third-order valence-electron chi connectivity index (χ3n) is 5.60. The predicted molar refractivity (Wildman–Crippen MR) is 136 cm³/mol. The zero-order valence-electron chi connectivity index (χ0n) is 20.2. The molecule has 0 spiro atoms. The molecule has 0 aliphatic carbocycles. The maximum absolute atomic E-state index is 13.8. The lowest BCUT2D eigenvalue weighted by molar-refractivity contribution is -0.189. The molecular weight excluding hydrogens is 449 g/mol. The Morgan fingerprint density at radius 1 is 0.882 bits per heavy atom. The van der Waals surface area contributed by atoms with Gasteiger partial charge >= 0.3 is 7.60 Å². The average molecular weight is 484 g/mol. The van der Waals surface area contributed by atoms with E-state index in [1.165, 1.54) is 12.0 Å². The summed E-state index contributed by atoms with van der Waals surface area (Å²) >= 11 is 0. The molecule has 1 amide bonds. The highest BCUT2D eigenvalue weighted by atomic mass is 31.2. The molecule has 7 heteroatoms. The van der Waals surface area contributed by atoms with Crippen molar-refractivity contribution in [2.45, 2.75) is 45.9 Å². The SMILES string of the molecule is CCOP(=O)(OCC)C(CCN(OCc1ccccc1)C(C)=O)Cc1ccc2ccccc2c1. The van der Waals surface area contributed by atoms with Gasteiger partial charge in [0.2, 0.25) is 5.91 Å². The van der Waals surface area contributed by atoms with E-state index in [1.807, 2.05) is 62.4 Å². The maximum atomic E-state index is 13.8. The van der Waals surface area contributed by atoms with Crippen LogP contribution in [0.25, 0.3) is 10.8 Å². The molecule has 3 rings (SSSR count). The van der Waals surface area contributed by atoms with Gasteiger partial charge in [-0.15, -0.1) is 0 Å². The van der Waals surface area contributed by atoms with E-state index in [0.29, 0.717) is 12.8 Å². The summed E-state index contributed by atoms with van der Waals surface area (Å²) in [6, 6.07) is 24.0. The van der Waals surface area contributed by atoms with Crippen molar-refractivity contribution in [1.29, 1.82) is 0 Å². The Balaban J connectivity index is 1.78. The normalized spacial score (nSPS) is 12.6. The number of nitrogens with zero attached hydrogens (tertiary/aromatic N) is 1. The zero-order chi connectivity index (χ0) is 24.4. The van der Waals surface area contributed by atoms with Crippen LogP contribution in [0.15, 0.2) is 72.8 Å². The first kappa shape index (κ1) is 26.1. The predicted octanol–water partition coefficient (Wildman–Crippen LogP) is 6.39. The summed E-state index contributed by atoms with van der Waals surface area (Å²) in [7, 11) is -3.41. The number of amides is 1. The molecule has 0 saturated carbocycles. The Morgan fingerprint density at radius 2 is 1.53 bits per heavy atom. The quantitative estimate of drug-likeness (QED) is 0.208. The molecule has 34 heavy (non-hydrogen) atoms. The van der Waals surface area contributed by atoms with E-state index >= 15 is 0 Å². The highest BCUT2D eigenvalue weighted by molar-refractivity contribution is 7.54. The second kappa shape index (κ2) is 12.8. The van der Waals surface area contributed by atoms with Crippen molar-refractivity contribution in [3.63, 3.8) is 0 Å². The second-order valence-corrected chi connectivity index (χ2v) is 10.4. The smallest absolute Gasteiger partial charge is 0.309 e. The average Bonchev–Trinajstić information content (AvgIpc) is 2.84. The van der Waals surface area contributed by atoms with Crippen molar-refractivity contribution < 1.29 is 23.2 Å². The molecule has 0 N–H and O–H groups in total. The van der Waals surface area contributed by atoms with E-state index < -0.39 is 13.3 Å². The van der Waals surface area contributed by atoms with E-state index in [4.69, 9.17) is 13.9 Å². The molecule has 3 aromatic carbocycles. The molecule has 0 saturated heterocycles. The largest absolute Gasteiger partial charge is 0.334 e. The van der Waals surface area contributed by atoms with Crippen LogP contribution in [0, 0.1) is 0 Å². The summed E-state index contributed by atoms with van der Waals surface area (Å²) in [5.41, 5.74) is 1.59. The third kappa shape index (κ3) is 7.25. The van der Waals surface area contributed by atoms with Crippen LogP contribution in [0.1, 0.15) is 38.3 Å². The van der Waals surface area contributed by atoms with Crippen LogP contribution in [0.5, 0.6) is 0 Å². The number of hydroxylamine groups is 2. The Hall–Kier alpha value is -2.50. The first-order chi connectivity index (χ1) is 16.4. The monoisotopic (exact) mass is 483 g/mol. The van der Waals surface area contributed by atoms with Gasteiger partial charge < -0.3 is 9.05 Å². The number of rotatable bonds is 13. The van der Waals surface area contributed by atoms with E-state index in [0.717, 1.165) is 21.9 Å². The lowest BCUT2D eigenvalue weighted by atomic mass is 10.0. The van der Waals surface area contributed by atoms with Crippen LogP contribution < -0.4 is 0 Å². The Kier molecular flexibility index (Phi) is 9.85. The standard InChI is InChI=1S/C27H34NO5P/c1-4-32-34(30,33-5-2)27(20-24-15-16-25-13-9-10-14-26(25)19-24)17-18-28(22(3)29)31-21-23-11-7-6-8-12-23/h6-16,19,27H,4-5,17-18,20-21H2,1-3H3. The molecule has 182 valence electrons. The lowest BCUT2D eigenvalue weighted by Crippen LogP contribution is -2.32. The fourth-order valence-corrected chi connectivity index (χ4v) is 6.01. The van der Waals surface area contributed by atoms with Crippen LogP contribution in [0.4, 0.5) is 0 Å². The van der Waals surface area contributed by atoms with Gasteiger partial charge in [0.05, 0.1) is 18.9 Å². The van der Waals surface area contributed by atoms with Gasteiger partial charge in [-0.3, -0.25) is 14.2 Å². The molecule has 0 heterocycles. The highest BCUT2D eigenvalue weighted by Gasteiger charge is 2.36. The zero-order valence-corrected chi connectivity index (χ0v) is 21.1. The highest BCUT2D eigenvalue weighted by Crippen LogP contribution is 2.55. The summed E-state index contributed by atoms with van der Waals surface area (Å²) in [4.78, 5) is 18.0. The number of hydrogen-bond acceptors (Lipinski definition) is 5. The second-order valence-electron chi connectivity index (χ2n) is 8.08. The van der Waals surface area contributed by atoms with E-state index in [2.05, 4.69) is 24.3 Å². The van der Waals surface area contributed by atoms with Crippen molar-refractivity contribution in [3.8, 4) is 0 Å². The van der Waals surface area contributed by atoms with Gasteiger partial charge in [-0.2, -0.15) is 0 Å². The van der Waals surface area contributed by atoms with Gasteiger partial charge in [-0.1, -0.05) is 72.8 Å². The summed E-state index contributed by atoms with van der Waals surface area (Å²) in [5, 5.41) is 3.61. The van der Waals surface area contributed by atoms with E-state index in [9.17, 15) is 9.36 Å². The van der Waals surface area contributed by atoms with Crippen molar-refractivity contribution in [3.05, 3.63) is 83.9 Å². The first-order valence-corrected chi connectivity index (χ1v) is 13.4. The molecule has 1 unspecified atom stereocenters. The Morgan fingerprint density at radius 3 is 2.18 bits per heavy atom. The van der Waals surface area contributed by atoms with Crippen molar-refractivity contribution >= 4 is 24.3 Å². The molecule has 6 nitrogen and oxygen atoms in total. The number of fused-ring (bicyclic) bond motifs is 1. The molecule has 0 aliphatic rings. The molecule has 0 aromatic heterocycles. The minimum absolute atomic E-state index is 0.206. The van der Waals surface area contributed by atoms with Crippen LogP contribution in [0.2, 0.25) is 0 Å². The first-order valence-electron chi connectivity index (χ1n) is 11.8. The maximum Gasteiger partial charge on any atom is 0.334 e. The minimum Gasteiger partial charge on any atom is -0.309 e. The fourth-order valence-electron chi connectivity index (χ4n) is 3.92. The number of hydrogen-bond donors (Lipinski definition) is 0. The summed E-state index contributed by atoms with van der Waals surface area (Å²) in [5.74, 6) is -0.206. The molecule has 1 atom stereocenters. The number of benzene rings is 3. The van der Waals surface area contributed by atoms with Gasteiger partial charge in [-0.25, -0.2) is 5.06 Å². The van der Waals surface area contributed by atoms with Gasteiger partial charge in [-0.05, 0) is 48.6 Å². The molecule has 3 aromatic rings. The molecule has 0 radical (unpaired) electrons. The minimum atomic E-state index is -3.41. The summed E-state index contributed by atoms with van der Waals surface area (Å²) in [6.45, 7) is 6.22. The van der Waals surface area contributed by atoms with E-state index in [-0.39, 0.29) is 32.3 Å². The van der Waals surface area contributed by atoms with Crippen molar-refractivity contribution in [2.75, 3.05) is 19.8 Å². The van der Waals surface area contributed by atoms with Gasteiger partial charge in [0.15, 0.2) is 0 Å². The lowest BCUT2D eigenvalue weighted by Gasteiger charge is -2.29. The van der Waals surface area contributed by atoms with Crippen molar-refractivity contribution in [2.24, 2.45) is 0 Å². The van der Waals surface area contributed by atoms with Crippen LogP contribution >= 0.6 is 7.60 Å². The van der Waals surface area contributed by atoms with Gasteiger partial charge in [0.25, 0.3) is 0 Å². The number of carbonyl (C=O) groups is 1. The summed E-state index contributed by atoms with van der Waals surface area (Å²) in [6.07, 6.45) is 0.922. The molecule has 0 fully saturated rings. The topological polar surface area (TPSA) is 65.1 Å². The molecule has 0 aliphatic heterocycles.